The highest BCUT2D eigenvalue weighted by molar-refractivity contribution is 5.89. The molecule has 4 N–H and O–H groups in total. The normalized spacial score (nSPS) is 12.3. The van der Waals surface area contributed by atoms with E-state index in [1.54, 1.807) is 0 Å². The van der Waals surface area contributed by atoms with E-state index in [0.717, 1.165) is 29.2 Å². The van der Waals surface area contributed by atoms with Gasteiger partial charge in [0.15, 0.2) is 0 Å². The summed E-state index contributed by atoms with van der Waals surface area (Å²) in [6, 6.07) is 13.5. The Morgan fingerprint density at radius 1 is 1.03 bits per heavy atom. The number of nitrogens with one attached hydrogen (secondary N) is 2. The van der Waals surface area contributed by atoms with E-state index in [-0.39, 0.29) is 36.6 Å². The lowest BCUT2D eigenvalue weighted by atomic mass is 9.94. The van der Waals surface area contributed by atoms with Crippen LogP contribution < -0.4 is 16.4 Å². The van der Waals surface area contributed by atoms with Crippen LogP contribution in [0.2, 0.25) is 0 Å². The average Bonchev–Trinajstić information content (AvgIpc) is 2.69. The molecule has 1 atom stereocenters. The van der Waals surface area contributed by atoms with Crippen LogP contribution in [-0.2, 0) is 16.0 Å². The topological polar surface area (TPSA) is 84.2 Å². The number of hydrogen-bond acceptors (Lipinski definition) is 3. The zero-order valence-electron chi connectivity index (χ0n) is 17.8. The summed E-state index contributed by atoms with van der Waals surface area (Å²) in [7, 11) is 0. The van der Waals surface area contributed by atoms with Crippen molar-refractivity contribution in [3.8, 4) is 0 Å². The Morgan fingerprint density at radius 2 is 1.66 bits per heavy atom. The van der Waals surface area contributed by atoms with E-state index in [9.17, 15) is 9.59 Å². The molecule has 0 saturated carbocycles. The smallest absolute Gasteiger partial charge is 0.242 e. The third kappa shape index (κ3) is 7.02. The number of fused-ring (bicyclic) bond motifs is 1. The predicted octanol–water partition coefficient (Wildman–Crippen LogP) is 3.58. The monoisotopic (exact) mass is 419 g/mol. The molecule has 0 radical (unpaired) electrons. The summed E-state index contributed by atoms with van der Waals surface area (Å²) in [5.74, 6) is -0.358. The molecule has 0 spiro atoms. The molecule has 5 nitrogen and oxygen atoms in total. The average molecular weight is 420 g/mol. The van der Waals surface area contributed by atoms with Crippen molar-refractivity contribution in [3.63, 3.8) is 0 Å². The van der Waals surface area contributed by atoms with Gasteiger partial charge in [-0.05, 0) is 35.1 Å². The maximum atomic E-state index is 12.6. The summed E-state index contributed by atoms with van der Waals surface area (Å²) in [6.07, 6.45) is 1.81. The minimum atomic E-state index is -0.578. The molecule has 0 aliphatic heterocycles. The fraction of sp³-hybridized carbons (Fsp3) is 0.478. The van der Waals surface area contributed by atoms with E-state index in [1.165, 1.54) is 0 Å². The van der Waals surface area contributed by atoms with E-state index in [0.29, 0.717) is 6.54 Å². The molecule has 0 fully saturated rings. The van der Waals surface area contributed by atoms with Crippen LogP contribution in [0.1, 0.15) is 46.1 Å². The number of rotatable bonds is 9. The first-order valence-electron chi connectivity index (χ1n) is 10.1. The van der Waals surface area contributed by atoms with Crippen LogP contribution >= 0.6 is 12.4 Å². The van der Waals surface area contributed by atoms with Crippen LogP contribution in [-0.4, -0.2) is 29.9 Å². The lowest BCUT2D eigenvalue weighted by Crippen LogP contribution is -2.55. The van der Waals surface area contributed by atoms with E-state index in [4.69, 9.17) is 5.73 Å². The van der Waals surface area contributed by atoms with E-state index in [2.05, 4.69) is 10.6 Å². The number of carbonyl (C=O) groups excluding carboxylic acids is 2. The molecule has 0 bridgehead atoms. The zero-order valence-corrected chi connectivity index (χ0v) is 18.6. The Bertz CT molecular complexity index is 819. The van der Waals surface area contributed by atoms with Crippen molar-refractivity contribution < 1.29 is 9.59 Å². The van der Waals surface area contributed by atoms with Crippen LogP contribution in [0.3, 0.4) is 0 Å². The van der Waals surface area contributed by atoms with Crippen molar-refractivity contribution in [2.24, 2.45) is 11.7 Å². The first-order valence-corrected chi connectivity index (χ1v) is 10.1. The zero-order chi connectivity index (χ0) is 20.7. The van der Waals surface area contributed by atoms with Gasteiger partial charge in [0.05, 0.1) is 6.42 Å². The van der Waals surface area contributed by atoms with Gasteiger partial charge in [0.1, 0.15) is 6.04 Å². The first kappa shape index (κ1) is 24.9. The van der Waals surface area contributed by atoms with Crippen LogP contribution in [0, 0.1) is 5.92 Å². The number of hydrogen-bond donors (Lipinski definition) is 3. The first-order chi connectivity index (χ1) is 13.3. The fourth-order valence-corrected chi connectivity index (χ4v) is 3.17. The van der Waals surface area contributed by atoms with E-state index in [1.807, 2.05) is 70.2 Å². The molecule has 0 heterocycles. The second-order valence-corrected chi connectivity index (χ2v) is 7.93. The summed E-state index contributed by atoms with van der Waals surface area (Å²) in [4.78, 5) is 25.2. The number of carbonyl (C=O) groups is 2. The summed E-state index contributed by atoms with van der Waals surface area (Å²) in [5.41, 5.74) is 6.79. The van der Waals surface area contributed by atoms with Gasteiger partial charge < -0.3 is 16.4 Å². The number of halogens is 1. The maximum Gasteiger partial charge on any atom is 0.242 e. The highest BCUT2D eigenvalue weighted by Crippen LogP contribution is 2.16. The molecular formula is C23H34ClN3O2. The molecule has 1 unspecified atom stereocenters. The Balaban J connectivity index is 0.00000420. The van der Waals surface area contributed by atoms with Crippen LogP contribution in [0.4, 0.5) is 0 Å². The summed E-state index contributed by atoms with van der Waals surface area (Å²) in [6.45, 7) is 8.29. The Hall–Kier alpha value is -2.11. The molecule has 0 saturated heterocycles. The van der Waals surface area contributed by atoms with Gasteiger partial charge in [0.25, 0.3) is 0 Å². The third-order valence-corrected chi connectivity index (χ3v) is 5.47. The van der Waals surface area contributed by atoms with Crippen molar-refractivity contribution in [3.05, 3.63) is 48.0 Å². The van der Waals surface area contributed by atoms with Crippen LogP contribution in [0.15, 0.2) is 42.5 Å². The second kappa shape index (κ2) is 11.2. The maximum absolute atomic E-state index is 12.6. The molecule has 6 heteroatoms. The minimum absolute atomic E-state index is 0. The quantitative estimate of drug-likeness (QED) is 0.580. The van der Waals surface area contributed by atoms with Crippen molar-refractivity contribution in [2.75, 3.05) is 6.54 Å². The van der Waals surface area contributed by atoms with Crippen molar-refractivity contribution >= 4 is 35.0 Å². The molecule has 160 valence electrons. The molecule has 2 aromatic rings. The Labute approximate surface area is 180 Å². The number of amides is 2. The van der Waals surface area contributed by atoms with Gasteiger partial charge in [0.2, 0.25) is 11.8 Å². The summed E-state index contributed by atoms with van der Waals surface area (Å²) < 4.78 is 0. The van der Waals surface area contributed by atoms with Crippen LogP contribution in [0.25, 0.3) is 10.8 Å². The third-order valence-electron chi connectivity index (χ3n) is 5.47. The van der Waals surface area contributed by atoms with Gasteiger partial charge in [-0.15, -0.1) is 12.4 Å². The van der Waals surface area contributed by atoms with Gasteiger partial charge in [0, 0.05) is 12.1 Å². The largest absolute Gasteiger partial charge is 0.352 e. The molecule has 0 aliphatic carbocycles. The summed E-state index contributed by atoms with van der Waals surface area (Å²) >= 11 is 0. The Kier molecular flexibility index (Phi) is 9.60. The number of nitrogens with two attached hydrogens (primary N) is 1. The van der Waals surface area contributed by atoms with Crippen molar-refractivity contribution in [1.29, 1.82) is 0 Å². The van der Waals surface area contributed by atoms with Gasteiger partial charge in [-0.3, -0.25) is 9.59 Å². The van der Waals surface area contributed by atoms with Crippen molar-refractivity contribution in [1.82, 2.24) is 10.6 Å². The molecule has 0 aliphatic rings. The van der Waals surface area contributed by atoms with E-state index < -0.39 is 11.6 Å². The molecular weight excluding hydrogens is 386 g/mol. The standard InChI is InChI=1S/C23H33N3O2.ClH/c1-5-23(24,6-2)15-25-22(28)21(16(3)4)26-20(27)14-17-11-12-18-9-7-8-10-19(18)13-17;/h7-13,16,21H,5-6,14-15,24H2,1-4H3,(H,25,28)(H,26,27);1H. The van der Waals surface area contributed by atoms with Gasteiger partial charge in [-0.1, -0.05) is 70.2 Å². The Morgan fingerprint density at radius 3 is 2.24 bits per heavy atom. The highest BCUT2D eigenvalue weighted by Gasteiger charge is 2.27. The molecule has 29 heavy (non-hydrogen) atoms. The lowest BCUT2D eigenvalue weighted by Gasteiger charge is -2.29. The molecule has 0 aromatic heterocycles. The van der Waals surface area contributed by atoms with Gasteiger partial charge in [-0.25, -0.2) is 0 Å². The lowest BCUT2D eigenvalue weighted by molar-refractivity contribution is -0.129. The van der Waals surface area contributed by atoms with Crippen LogP contribution in [0.5, 0.6) is 0 Å². The second-order valence-electron chi connectivity index (χ2n) is 7.93. The van der Waals surface area contributed by atoms with Gasteiger partial charge >= 0.3 is 0 Å². The molecule has 2 aromatic carbocycles. The SMILES string of the molecule is CCC(N)(CC)CNC(=O)C(NC(=O)Cc1ccc2ccccc2c1)C(C)C.Cl. The molecule has 2 rings (SSSR count). The van der Waals surface area contributed by atoms with E-state index >= 15 is 0 Å². The van der Waals surface area contributed by atoms with Crippen molar-refractivity contribution in [2.45, 2.75) is 58.5 Å². The fourth-order valence-electron chi connectivity index (χ4n) is 3.17. The minimum Gasteiger partial charge on any atom is -0.352 e. The highest BCUT2D eigenvalue weighted by atomic mass is 35.5. The number of benzene rings is 2. The predicted molar refractivity (Wildman–Crippen MR) is 122 cm³/mol. The summed E-state index contributed by atoms with van der Waals surface area (Å²) in [5, 5.41) is 8.06. The van der Waals surface area contributed by atoms with Gasteiger partial charge in [-0.2, -0.15) is 0 Å². The molecule has 2 amide bonds.